The first-order valence-electron chi connectivity index (χ1n) is 6.87. The van der Waals surface area contributed by atoms with Gasteiger partial charge in [0, 0.05) is 5.69 Å². The number of ether oxygens (including phenoxy) is 2. The number of benzene rings is 1. The van der Waals surface area contributed by atoms with E-state index in [-0.39, 0.29) is 5.17 Å². The van der Waals surface area contributed by atoms with Crippen molar-refractivity contribution >= 4 is 23.1 Å². The van der Waals surface area contributed by atoms with Gasteiger partial charge in [0.25, 0.3) is 5.17 Å². The quantitative estimate of drug-likeness (QED) is 0.881. The van der Waals surface area contributed by atoms with Gasteiger partial charge in [-0.05, 0) is 55.2 Å². The van der Waals surface area contributed by atoms with Crippen LogP contribution in [0.25, 0.3) is 0 Å². The number of para-hydroxylation sites is 1. The topological polar surface area (TPSA) is 43.4 Å². The van der Waals surface area contributed by atoms with Gasteiger partial charge in [-0.3, -0.25) is 0 Å². The molecule has 21 heavy (non-hydrogen) atoms. The van der Waals surface area contributed by atoms with Gasteiger partial charge in [-0.15, -0.1) is 0 Å². The fourth-order valence-electron chi connectivity index (χ4n) is 2.43. The molecule has 3 rings (SSSR count). The number of hydrogen-bond acceptors (Lipinski definition) is 4. The first-order chi connectivity index (χ1) is 10.3. The number of hydrogen-bond donors (Lipinski definition) is 1. The summed E-state index contributed by atoms with van der Waals surface area (Å²) in [6, 6.07) is 11.5. The summed E-state index contributed by atoms with van der Waals surface area (Å²) in [5.41, 5.74) is 3.12. The lowest BCUT2D eigenvalue weighted by molar-refractivity contribution is 0.398. The van der Waals surface area contributed by atoms with Crippen molar-refractivity contribution in [3.63, 3.8) is 0 Å². The highest BCUT2D eigenvalue weighted by Gasteiger charge is 2.17. The summed E-state index contributed by atoms with van der Waals surface area (Å²) in [5.74, 6) is 1.25. The Bertz CT molecular complexity index is 659. The summed E-state index contributed by atoms with van der Waals surface area (Å²) in [7, 11) is 1.61. The lowest BCUT2D eigenvalue weighted by Gasteiger charge is -2.13. The third kappa shape index (κ3) is 3.13. The Hall–Kier alpha value is -2.14. The number of aromatic nitrogens is 1. The Morgan fingerprint density at radius 3 is 2.81 bits per heavy atom. The van der Waals surface area contributed by atoms with Gasteiger partial charge in [0.1, 0.15) is 11.4 Å². The number of aryl methyl sites for hydroxylation is 2. The van der Waals surface area contributed by atoms with Crippen LogP contribution in [0.2, 0.25) is 0 Å². The van der Waals surface area contributed by atoms with Crippen molar-refractivity contribution in [3.05, 3.63) is 47.7 Å². The largest absolute Gasteiger partial charge is 0.480 e. The number of anilines is 1. The predicted octanol–water partition coefficient (Wildman–Crippen LogP) is 3.35. The van der Waals surface area contributed by atoms with E-state index in [1.54, 1.807) is 7.11 Å². The molecule has 0 saturated heterocycles. The number of thiocarbonyl (C=S) groups is 1. The maximum Gasteiger partial charge on any atom is 0.266 e. The molecule has 0 radical (unpaired) electrons. The molecule has 1 aliphatic rings. The maximum atomic E-state index is 5.57. The number of nitrogens with zero attached hydrogens (tertiary/aromatic N) is 1. The fourth-order valence-corrected chi connectivity index (χ4v) is 2.64. The average Bonchev–Trinajstić information content (AvgIpc) is 2.94. The molecule has 4 nitrogen and oxygen atoms in total. The molecule has 1 aromatic carbocycles. The number of rotatable bonds is 3. The Morgan fingerprint density at radius 2 is 2.05 bits per heavy atom. The molecule has 0 saturated carbocycles. The SMILES string of the molecule is COc1nc2c(cc1NC(=S)Oc1ccccc1)CCC2. The van der Waals surface area contributed by atoms with E-state index < -0.39 is 0 Å². The maximum absolute atomic E-state index is 5.57. The minimum Gasteiger partial charge on any atom is -0.480 e. The van der Waals surface area contributed by atoms with E-state index in [4.69, 9.17) is 21.7 Å². The first-order valence-corrected chi connectivity index (χ1v) is 7.28. The number of pyridine rings is 1. The highest BCUT2D eigenvalue weighted by atomic mass is 32.1. The molecule has 0 atom stereocenters. The lowest BCUT2D eigenvalue weighted by Crippen LogP contribution is -2.17. The smallest absolute Gasteiger partial charge is 0.266 e. The Morgan fingerprint density at radius 1 is 1.24 bits per heavy atom. The van der Waals surface area contributed by atoms with E-state index in [9.17, 15) is 0 Å². The van der Waals surface area contributed by atoms with Crippen molar-refractivity contribution in [2.75, 3.05) is 12.4 Å². The molecule has 0 bridgehead atoms. The Balaban J connectivity index is 1.76. The van der Waals surface area contributed by atoms with Crippen molar-refractivity contribution in [1.82, 2.24) is 4.98 Å². The molecule has 0 fully saturated rings. The van der Waals surface area contributed by atoms with E-state index in [0.717, 1.165) is 30.6 Å². The zero-order valence-corrected chi connectivity index (χ0v) is 12.6. The highest BCUT2D eigenvalue weighted by molar-refractivity contribution is 7.80. The molecule has 1 heterocycles. The molecule has 2 aromatic rings. The molecule has 0 aliphatic heterocycles. The summed E-state index contributed by atoms with van der Waals surface area (Å²) in [5, 5.41) is 3.34. The number of fused-ring (bicyclic) bond motifs is 1. The van der Waals surface area contributed by atoms with E-state index in [1.807, 2.05) is 30.3 Å². The van der Waals surface area contributed by atoms with Crippen molar-refractivity contribution in [1.29, 1.82) is 0 Å². The van der Waals surface area contributed by atoms with Crippen molar-refractivity contribution in [2.45, 2.75) is 19.3 Å². The Labute approximate surface area is 129 Å². The molecular weight excluding hydrogens is 284 g/mol. The van der Waals surface area contributed by atoms with E-state index >= 15 is 0 Å². The monoisotopic (exact) mass is 300 g/mol. The molecule has 1 aliphatic carbocycles. The van der Waals surface area contributed by atoms with Gasteiger partial charge < -0.3 is 14.8 Å². The van der Waals surface area contributed by atoms with Crippen molar-refractivity contribution in [2.24, 2.45) is 0 Å². The number of nitrogens with one attached hydrogen (secondary N) is 1. The van der Waals surface area contributed by atoms with Gasteiger partial charge >= 0.3 is 0 Å². The molecule has 0 unspecified atom stereocenters. The summed E-state index contributed by atoms with van der Waals surface area (Å²) in [6.45, 7) is 0. The van der Waals surface area contributed by atoms with Gasteiger partial charge in [-0.1, -0.05) is 18.2 Å². The molecule has 1 N–H and O–H groups in total. The zero-order chi connectivity index (χ0) is 14.7. The second kappa shape index (κ2) is 6.10. The molecule has 108 valence electrons. The summed E-state index contributed by atoms with van der Waals surface area (Å²) < 4.78 is 10.9. The second-order valence-electron chi connectivity index (χ2n) is 4.83. The normalized spacial score (nSPS) is 12.6. The van der Waals surface area contributed by atoms with Crippen molar-refractivity contribution in [3.8, 4) is 11.6 Å². The van der Waals surface area contributed by atoms with Crippen LogP contribution in [0.15, 0.2) is 36.4 Å². The fraction of sp³-hybridized carbons (Fsp3) is 0.250. The van der Waals surface area contributed by atoms with Crippen LogP contribution >= 0.6 is 12.2 Å². The second-order valence-corrected chi connectivity index (χ2v) is 5.20. The molecule has 5 heteroatoms. The van der Waals surface area contributed by atoms with E-state index in [0.29, 0.717) is 11.6 Å². The molecule has 0 amide bonds. The standard InChI is InChI=1S/C16H16N2O2S/c1-19-15-14(10-11-6-5-9-13(11)17-15)18-16(21)20-12-7-3-2-4-8-12/h2-4,7-8,10H,5-6,9H2,1H3,(H,18,21). The summed E-state index contributed by atoms with van der Waals surface area (Å²) >= 11 is 5.24. The van der Waals surface area contributed by atoms with Gasteiger partial charge in [-0.2, -0.15) is 0 Å². The van der Waals surface area contributed by atoms with Crippen LogP contribution in [-0.4, -0.2) is 17.3 Å². The third-order valence-corrected chi connectivity index (χ3v) is 3.59. The van der Waals surface area contributed by atoms with Gasteiger partial charge in [0.2, 0.25) is 5.88 Å². The molecule has 0 spiro atoms. The summed E-state index contributed by atoms with van der Waals surface area (Å²) in [4.78, 5) is 4.53. The van der Waals surface area contributed by atoms with Gasteiger partial charge in [-0.25, -0.2) is 4.98 Å². The predicted molar refractivity (Wildman–Crippen MR) is 86.1 cm³/mol. The molecule has 1 aromatic heterocycles. The van der Waals surface area contributed by atoms with Crippen LogP contribution < -0.4 is 14.8 Å². The zero-order valence-electron chi connectivity index (χ0n) is 11.8. The summed E-state index contributed by atoms with van der Waals surface area (Å²) in [6.07, 6.45) is 3.20. The van der Waals surface area contributed by atoms with Crippen LogP contribution in [0, 0.1) is 0 Å². The van der Waals surface area contributed by atoms with Gasteiger partial charge in [0.15, 0.2) is 0 Å². The third-order valence-electron chi connectivity index (χ3n) is 3.40. The van der Waals surface area contributed by atoms with E-state index in [2.05, 4.69) is 16.4 Å². The van der Waals surface area contributed by atoms with Crippen LogP contribution in [0.5, 0.6) is 11.6 Å². The highest BCUT2D eigenvalue weighted by Crippen LogP contribution is 2.30. The first kappa shape index (κ1) is 13.8. The minimum absolute atomic E-state index is 0.277. The van der Waals surface area contributed by atoms with E-state index in [1.165, 1.54) is 5.56 Å². The Kier molecular flexibility index (Phi) is 4.01. The minimum atomic E-state index is 0.277. The van der Waals surface area contributed by atoms with Crippen LogP contribution in [0.1, 0.15) is 17.7 Å². The molecular formula is C16H16N2O2S. The van der Waals surface area contributed by atoms with Gasteiger partial charge in [0.05, 0.1) is 7.11 Å². The number of methoxy groups -OCH3 is 1. The van der Waals surface area contributed by atoms with Crippen LogP contribution in [0.4, 0.5) is 5.69 Å². The average molecular weight is 300 g/mol. The van der Waals surface area contributed by atoms with Crippen LogP contribution in [-0.2, 0) is 12.8 Å². The lowest BCUT2D eigenvalue weighted by atomic mass is 10.2. The van der Waals surface area contributed by atoms with Crippen LogP contribution in [0.3, 0.4) is 0 Å². The van der Waals surface area contributed by atoms with Crippen molar-refractivity contribution < 1.29 is 9.47 Å².